The molecule has 0 aliphatic heterocycles. The summed E-state index contributed by atoms with van der Waals surface area (Å²) >= 11 is 0. The average Bonchev–Trinajstić information content (AvgIpc) is 3.84. The van der Waals surface area contributed by atoms with E-state index in [0.717, 1.165) is 38.8 Å². The van der Waals surface area contributed by atoms with Crippen LogP contribution in [0.25, 0.3) is 98.7 Å². The molecule has 3 nitrogen and oxygen atoms in total. The number of aromatic nitrogens is 2. The Balaban J connectivity index is 1.20. The lowest BCUT2D eigenvalue weighted by molar-refractivity contribution is 0.667. The molecule has 0 N–H and O–H groups in total. The molecular formula is C42H24N2O. The van der Waals surface area contributed by atoms with Gasteiger partial charge in [0.1, 0.15) is 5.58 Å². The molecule has 0 amide bonds. The van der Waals surface area contributed by atoms with E-state index in [1.54, 1.807) is 0 Å². The number of hydrogen-bond donors (Lipinski definition) is 0. The molecule has 0 saturated carbocycles. The van der Waals surface area contributed by atoms with Gasteiger partial charge in [0.25, 0.3) is 0 Å². The van der Waals surface area contributed by atoms with Gasteiger partial charge in [0, 0.05) is 48.7 Å². The minimum atomic E-state index is 0.901. The average molecular weight is 573 g/mol. The van der Waals surface area contributed by atoms with Gasteiger partial charge in [-0.05, 0) is 35.9 Å². The topological polar surface area (TPSA) is 22.5 Å². The number of hydrogen-bond acceptors (Lipinski definition) is 1. The highest BCUT2D eigenvalue weighted by Crippen LogP contribution is 2.43. The first-order valence-corrected chi connectivity index (χ1v) is 15.5. The van der Waals surface area contributed by atoms with E-state index in [-0.39, 0.29) is 0 Å². The Kier molecular flexibility index (Phi) is 4.32. The summed E-state index contributed by atoms with van der Waals surface area (Å²) in [5.74, 6) is 0. The monoisotopic (exact) mass is 572 g/mol. The normalized spacial score (nSPS) is 12.4. The van der Waals surface area contributed by atoms with Crippen LogP contribution in [0.15, 0.2) is 150 Å². The summed E-state index contributed by atoms with van der Waals surface area (Å²) in [6.07, 6.45) is 0. The number of furan rings is 1. The molecule has 11 rings (SSSR count). The number of para-hydroxylation sites is 6. The lowest BCUT2D eigenvalue weighted by Gasteiger charge is -2.08. The van der Waals surface area contributed by atoms with Gasteiger partial charge in [0.05, 0.1) is 33.3 Å². The fourth-order valence-corrected chi connectivity index (χ4v) is 7.99. The van der Waals surface area contributed by atoms with Crippen molar-refractivity contribution < 1.29 is 4.42 Å². The maximum atomic E-state index is 6.96. The minimum absolute atomic E-state index is 0.901. The Morgan fingerprint density at radius 2 is 0.911 bits per heavy atom. The Morgan fingerprint density at radius 1 is 0.378 bits per heavy atom. The molecule has 0 bridgehead atoms. The van der Waals surface area contributed by atoms with Crippen LogP contribution in [0.2, 0.25) is 0 Å². The van der Waals surface area contributed by atoms with Crippen LogP contribution in [-0.4, -0.2) is 8.97 Å². The Hall–Kier alpha value is -6.06. The molecule has 11 aromatic rings. The third-order valence-corrected chi connectivity index (χ3v) is 9.86. The van der Waals surface area contributed by atoms with Crippen molar-refractivity contribution in [3.63, 3.8) is 0 Å². The van der Waals surface area contributed by atoms with Crippen molar-refractivity contribution in [3.05, 3.63) is 146 Å². The molecule has 0 aliphatic carbocycles. The summed E-state index contributed by atoms with van der Waals surface area (Å²) in [6, 6.07) is 52.6. The summed E-state index contributed by atoms with van der Waals surface area (Å²) in [5, 5.41) is 9.90. The zero-order valence-corrected chi connectivity index (χ0v) is 24.2. The van der Waals surface area contributed by atoms with Crippen molar-refractivity contribution in [1.82, 2.24) is 8.97 Å². The Labute approximate surface area is 257 Å². The number of nitrogens with zero attached hydrogens (tertiary/aromatic N) is 2. The Morgan fingerprint density at radius 3 is 1.64 bits per heavy atom. The molecule has 208 valence electrons. The molecule has 4 heterocycles. The maximum Gasteiger partial charge on any atom is 0.159 e. The molecule has 0 radical (unpaired) electrons. The summed E-state index contributed by atoms with van der Waals surface area (Å²) in [4.78, 5) is 0. The first-order chi connectivity index (χ1) is 22.3. The molecule has 45 heavy (non-hydrogen) atoms. The van der Waals surface area contributed by atoms with Crippen LogP contribution in [0.3, 0.4) is 0 Å². The van der Waals surface area contributed by atoms with Gasteiger partial charge in [-0.1, -0.05) is 115 Å². The molecule has 7 aromatic carbocycles. The highest BCUT2D eigenvalue weighted by molar-refractivity contribution is 6.24. The van der Waals surface area contributed by atoms with Crippen LogP contribution in [0.4, 0.5) is 0 Å². The van der Waals surface area contributed by atoms with Crippen molar-refractivity contribution >= 4 is 81.8 Å². The quantitative estimate of drug-likeness (QED) is 0.202. The summed E-state index contributed by atoms with van der Waals surface area (Å²) < 4.78 is 11.8. The second-order valence-electron chi connectivity index (χ2n) is 12.1. The van der Waals surface area contributed by atoms with Gasteiger partial charge in [0.15, 0.2) is 5.58 Å². The van der Waals surface area contributed by atoms with E-state index in [4.69, 9.17) is 4.42 Å². The second-order valence-corrected chi connectivity index (χ2v) is 12.1. The van der Waals surface area contributed by atoms with Gasteiger partial charge in [0.2, 0.25) is 0 Å². The van der Waals surface area contributed by atoms with Gasteiger partial charge < -0.3 is 13.4 Å². The van der Waals surface area contributed by atoms with E-state index in [1.165, 1.54) is 59.9 Å². The smallest absolute Gasteiger partial charge is 0.159 e. The molecule has 4 aromatic heterocycles. The van der Waals surface area contributed by atoms with Gasteiger partial charge in [-0.3, -0.25) is 0 Å². The minimum Gasteiger partial charge on any atom is -0.453 e. The molecule has 0 aliphatic rings. The molecule has 0 unspecified atom stereocenters. The number of fused-ring (bicyclic) bond motifs is 12. The van der Waals surface area contributed by atoms with Crippen LogP contribution < -0.4 is 0 Å². The molecule has 0 spiro atoms. The highest BCUT2D eigenvalue weighted by atomic mass is 16.3. The van der Waals surface area contributed by atoms with E-state index in [1.807, 2.05) is 0 Å². The van der Waals surface area contributed by atoms with Crippen LogP contribution >= 0.6 is 0 Å². The van der Waals surface area contributed by atoms with E-state index in [2.05, 4.69) is 155 Å². The summed E-state index contributed by atoms with van der Waals surface area (Å²) in [5.41, 5.74) is 11.2. The van der Waals surface area contributed by atoms with Crippen LogP contribution in [0.5, 0.6) is 0 Å². The van der Waals surface area contributed by atoms with Gasteiger partial charge in [-0.2, -0.15) is 0 Å². The number of benzene rings is 7. The summed E-state index contributed by atoms with van der Waals surface area (Å²) in [6.45, 7) is 0. The van der Waals surface area contributed by atoms with E-state index >= 15 is 0 Å². The van der Waals surface area contributed by atoms with Crippen molar-refractivity contribution in [3.8, 4) is 16.8 Å². The van der Waals surface area contributed by atoms with Crippen molar-refractivity contribution in [1.29, 1.82) is 0 Å². The largest absolute Gasteiger partial charge is 0.453 e. The van der Waals surface area contributed by atoms with Gasteiger partial charge in [-0.15, -0.1) is 0 Å². The van der Waals surface area contributed by atoms with Gasteiger partial charge >= 0.3 is 0 Å². The fraction of sp³-hybridized carbons (Fsp3) is 0. The van der Waals surface area contributed by atoms with Crippen molar-refractivity contribution in [2.45, 2.75) is 0 Å². The van der Waals surface area contributed by atoms with Gasteiger partial charge in [-0.25, -0.2) is 0 Å². The third kappa shape index (κ3) is 2.90. The zero-order chi connectivity index (χ0) is 29.2. The molecule has 0 saturated heterocycles. The van der Waals surface area contributed by atoms with E-state index in [9.17, 15) is 0 Å². The lowest BCUT2D eigenvalue weighted by atomic mass is 10.0. The predicted molar refractivity (Wildman–Crippen MR) is 188 cm³/mol. The first-order valence-electron chi connectivity index (χ1n) is 15.5. The molecule has 0 atom stereocenters. The van der Waals surface area contributed by atoms with Crippen LogP contribution in [0, 0.1) is 0 Å². The Bertz CT molecular complexity index is 2930. The third-order valence-electron chi connectivity index (χ3n) is 9.86. The highest BCUT2D eigenvalue weighted by Gasteiger charge is 2.21. The second kappa shape index (κ2) is 8.31. The number of rotatable bonds is 2. The van der Waals surface area contributed by atoms with E-state index in [0.29, 0.717) is 0 Å². The van der Waals surface area contributed by atoms with E-state index < -0.39 is 0 Å². The lowest BCUT2D eigenvalue weighted by Crippen LogP contribution is -1.93. The maximum absolute atomic E-state index is 6.96. The molecule has 3 heteroatoms. The fourth-order valence-electron chi connectivity index (χ4n) is 7.99. The SMILES string of the molecule is c1cc(-c2ccc3c4cccc5c6ccccc6n(c3c2)c54)c2oc3c(-n4c5ccccc5c5ccccc54)cccc3c2c1. The van der Waals surface area contributed by atoms with Crippen molar-refractivity contribution in [2.24, 2.45) is 0 Å². The molecular weight excluding hydrogens is 548 g/mol. The first kappa shape index (κ1) is 23.4. The van der Waals surface area contributed by atoms with Crippen LogP contribution in [0.1, 0.15) is 0 Å². The van der Waals surface area contributed by atoms with Crippen LogP contribution in [-0.2, 0) is 0 Å². The standard InChI is InChI=1S/C42H24N2O/c1-4-18-35-27(10-1)28-11-2-5-19-36(28)43(35)38-21-9-17-34-33-16-7-13-26(41(33)45-42(34)38)25-22-23-30-32-15-8-14-31-29-12-3-6-20-37(29)44(40(31)32)39(30)24-25/h1-24H. The predicted octanol–water partition coefficient (Wildman–Crippen LogP) is 11.5. The van der Waals surface area contributed by atoms with Crippen molar-refractivity contribution in [2.75, 3.05) is 0 Å². The summed E-state index contributed by atoms with van der Waals surface area (Å²) in [7, 11) is 0. The molecule has 0 fully saturated rings. The zero-order valence-electron chi connectivity index (χ0n) is 24.2.